The van der Waals surface area contributed by atoms with E-state index in [-0.39, 0.29) is 5.43 Å². The van der Waals surface area contributed by atoms with Gasteiger partial charge in [-0.05, 0) is 37.6 Å². The van der Waals surface area contributed by atoms with E-state index in [4.69, 9.17) is 10.5 Å². The van der Waals surface area contributed by atoms with Gasteiger partial charge in [0, 0.05) is 24.2 Å². The molecule has 0 aliphatic rings. The molecule has 0 amide bonds. The van der Waals surface area contributed by atoms with E-state index in [1.807, 2.05) is 23.6 Å². The van der Waals surface area contributed by atoms with Crippen molar-refractivity contribution < 1.29 is 4.74 Å². The van der Waals surface area contributed by atoms with Crippen LogP contribution in [0.25, 0.3) is 10.9 Å². The van der Waals surface area contributed by atoms with Gasteiger partial charge in [-0.1, -0.05) is 0 Å². The van der Waals surface area contributed by atoms with Gasteiger partial charge in [0.15, 0.2) is 5.43 Å². The number of fused-ring (bicyclic) bond motifs is 1. The molecule has 0 spiro atoms. The van der Waals surface area contributed by atoms with Gasteiger partial charge in [0.2, 0.25) is 0 Å². The standard InChI is InChI=1S/C14H18N2O2/c1-10-8-11-12(17)4-7-16(6-3-5-15)14(11)13(9-10)18-2/h4,7-9H,3,5-6,15H2,1-2H3. The summed E-state index contributed by atoms with van der Waals surface area (Å²) in [4.78, 5) is 11.9. The van der Waals surface area contributed by atoms with Gasteiger partial charge in [0.1, 0.15) is 5.75 Å². The Morgan fingerprint density at radius 2 is 2.17 bits per heavy atom. The van der Waals surface area contributed by atoms with Crippen molar-refractivity contribution in [2.24, 2.45) is 5.73 Å². The second-order valence-corrected chi connectivity index (χ2v) is 4.38. The quantitative estimate of drug-likeness (QED) is 0.892. The van der Waals surface area contributed by atoms with E-state index in [1.54, 1.807) is 19.4 Å². The average molecular weight is 246 g/mol. The monoisotopic (exact) mass is 246 g/mol. The Balaban J connectivity index is 2.73. The second-order valence-electron chi connectivity index (χ2n) is 4.38. The predicted octanol–water partition coefficient (Wildman–Crippen LogP) is 1.67. The smallest absolute Gasteiger partial charge is 0.189 e. The molecule has 2 aromatic rings. The molecule has 0 saturated heterocycles. The fourth-order valence-corrected chi connectivity index (χ4v) is 2.16. The molecule has 0 radical (unpaired) electrons. The molecule has 2 rings (SSSR count). The molecule has 0 aliphatic heterocycles. The molecule has 1 aromatic heterocycles. The minimum atomic E-state index is 0.0241. The maximum atomic E-state index is 11.9. The van der Waals surface area contributed by atoms with Crippen LogP contribution in [0.4, 0.5) is 0 Å². The fourth-order valence-electron chi connectivity index (χ4n) is 2.16. The number of nitrogens with zero attached hydrogens (tertiary/aromatic N) is 1. The molecule has 0 atom stereocenters. The molecule has 4 heteroatoms. The largest absolute Gasteiger partial charge is 0.495 e. The number of ether oxygens (including phenoxy) is 1. The molecule has 0 aliphatic carbocycles. The fraction of sp³-hybridized carbons (Fsp3) is 0.357. The number of benzene rings is 1. The number of rotatable bonds is 4. The summed E-state index contributed by atoms with van der Waals surface area (Å²) in [6, 6.07) is 5.44. The highest BCUT2D eigenvalue weighted by Gasteiger charge is 2.09. The molecule has 0 saturated carbocycles. The molecule has 1 heterocycles. The van der Waals surface area contributed by atoms with E-state index in [1.165, 1.54) is 0 Å². The Labute approximate surface area is 106 Å². The van der Waals surface area contributed by atoms with Crippen LogP contribution in [0.5, 0.6) is 5.75 Å². The Kier molecular flexibility index (Phi) is 3.67. The van der Waals surface area contributed by atoms with Crippen molar-refractivity contribution in [1.82, 2.24) is 4.57 Å². The molecule has 0 bridgehead atoms. The summed E-state index contributed by atoms with van der Waals surface area (Å²) in [7, 11) is 1.62. The molecule has 1 aromatic carbocycles. The minimum Gasteiger partial charge on any atom is -0.495 e. The van der Waals surface area contributed by atoms with Crippen LogP contribution in [0.2, 0.25) is 0 Å². The topological polar surface area (TPSA) is 57.2 Å². The van der Waals surface area contributed by atoms with Crippen molar-refractivity contribution in [2.75, 3.05) is 13.7 Å². The summed E-state index contributed by atoms with van der Waals surface area (Å²) in [6.45, 7) is 3.37. The molecule has 2 N–H and O–H groups in total. The average Bonchev–Trinajstić information content (AvgIpc) is 2.37. The lowest BCUT2D eigenvalue weighted by Crippen LogP contribution is -2.12. The van der Waals surface area contributed by atoms with E-state index in [0.717, 1.165) is 29.8 Å². The number of methoxy groups -OCH3 is 1. The van der Waals surface area contributed by atoms with Crippen molar-refractivity contribution in [3.05, 3.63) is 40.2 Å². The second kappa shape index (κ2) is 5.23. The number of nitrogens with two attached hydrogens (primary N) is 1. The van der Waals surface area contributed by atoms with Crippen LogP contribution < -0.4 is 15.9 Å². The van der Waals surface area contributed by atoms with Crippen LogP contribution in [0.15, 0.2) is 29.2 Å². The van der Waals surface area contributed by atoms with Crippen molar-refractivity contribution in [2.45, 2.75) is 19.9 Å². The normalized spacial score (nSPS) is 10.8. The van der Waals surface area contributed by atoms with E-state index in [0.29, 0.717) is 11.9 Å². The highest BCUT2D eigenvalue weighted by molar-refractivity contribution is 5.85. The summed E-state index contributed by atoms with van der Waals surface area (Å²) in [5, 5.41) is 0.700. The van der Waals surface area contributed by atoms with Gasteiger partial charge >= 0.3 is 0 Å². The van der Waals surface area contributed by atoms with Crippen molar-refractivity contribution in [1.29, 1.82) is 0 Å². The number of hydrogen-bond donors (Lipinski definition) is 1. The predicted molar refractivity (Wildman–Crippen MR) is 73.2 cm³/mol. The number of aromatic nitrogens is 1. The molecule has 0 fully saturated rings. The molecular weight excluding hydrogens is 228 g/mol. The van der Waals surface area contributed by atoms with Crippen LogP contribution >= 0.6 is 0 Å². The third-order valence-corrected chi connectivity index (χ3v) is 3.00. The van der Waals surface area contributed by atoms with Crippen molar-refractivity contribution >= 4 is 10.9 Å². The van der Waals surface area contributed by atoms with Crippen LogP contribution in [-0.2, 0) is 6.54 Å². The van der Waals surface area contributed by atoms with E-state index >= 15 is 0 Å². The summed E-state index contributed by atoms with van der Waals surface area (Å²) in [6.07, 6.45) is 2.67. The van der Waals surface area contributed by atoms with E-state index in [9.17, 15) is 4.79 Å². The van der Waals surface area contributed by atoms with Gasteiger partial charge in [-0.25, -0.2) is 0 Å². The lowest BCUT2D eigenvalue weighted by Gasteiger charge is -2.14. The number of pyridine rings is 1. The lowest BCUT2D eigenvalue weighted by atomic mass is 10.1. The van der Waals surface area contributed by atoms with Crippen molar-refractivity contribution in [3.8, 4) is 5.75 Å². The van der Waals surface area contributed by atoms with Crippen LogP contribution in [0.3, 0.4) is 0 Å². The lowest BCUT2D eigenvalue weighted by molar-refractivity contribution is 0.416. The Bertz CT molecular complexity index is 617. The Morgan fingerprint density at radius 3 is 2.83 bits per heavy atom. The Morgan fingerprint density at radius 1 is 1.39 bits per heavy atom. The summed E-state index contributed by atoms with van der Waals surface area (Å²) in [5.41, 5.74) is 7.44. The first-order chi connectivity index (χ1) is 8.67. The van der Waals surface area contributed by atoms with E-state index < -0.39 is 0 Å². The maximum absolute atomic E-state index is 11.9. The highest BCUT2D eigenvalue weighted by Crippen LogP contribution is 2.25. The van der Waals surface area contributed by atoms with Gasteiger partial charge in [-0.2, -0.15) is 0 Å². The van der Waals surface area contributed by atoms with Crippen LogP contribution in [0, 0.1) is 6.92 Å². The summed E-state index contributed by atoms with van der Waals surface area (Å²) >= 11 is 0. The van der Waals surface area contributed by atoms with Gasteiger partial charge in [-0.15, -0.1) is 0 Å². The SMILES string of the molecule is COc1cc(C)cc2c(=O)ccn(CCCN)c12. The molecule has 4 nitrogen and oxygen atoms in total. The van der Waals surface area contributed by atoms with Gasteiger partial charge < -0.3 is 15.0 Å². The zero-order chi connectivity index (χ0) is 13.1. The third kappa shape index (κ3) is 2.24. The van der Waals surface area contributed by atoms with Crippen LogP contribution in [-0.4, -0.2) is 18.2 Å². The van der Waals surface area contributed by atoms with Gasteiger partial charge in [-0.3, -0.25) is 4.79 Å². The molecule has 18 heavy (non-hydrogen) atoms. The zero-order valence-corrected chi connectivity index (χ0v) is 10.8. The van der Waals surface area contributed by atoms with E-state index in [2.05, 4.69) is 0 Å². The first kappa shape index (κ1) is 12.6. The first-order valence-corrected chi connectivity index (χ1v) is 6.05. The van der Waals surface area contributed by atoms with Crippen LogP contribution in [0.1, 0.15) is 12.0 Å². The summed E-state index contributed by atoms with van der Waals surface area (Å²) in [5.74, 6) is 0.736. The summed E-state index contributed by atoms with van der Waals surface area (Å²) < 4.78 is 7.42. The van der Waals surface area contributed by atoms with Gasteiger partial charge in [0.25, 0.3) is 0 Å². The molecular formula is C14H18N2O2. The Hall–Kier alpha value is -1.81. The molecule has 0 unspecified atom stereocenters. The zero-order valence-electron chi connectivity index (χ0n) is 10.8. The molecule has 96 valence electrons. The minimum absolute atomic E-state index is 0.0241. The number of hydrogen-bond acceptors (Lipinski definition) is 3. The van der Waals surface area contributed by atoms with Gasteiger partial charge in [0.05, 0.1) is 12.6 Å². The number of aryl methyl sites for hydroxylation is 2. The highest BCUT2D eigenvalue weighted by atomic mass is 16.5. The van der Waals surface area contributed by atoms with Crippen molar-refractivity contribution in [3.63, 3.8) is 0 Å². The maximum Gasteiger partial charge on any atom is 0.189 e. The third-order valence-electron chi connectivity index (χ3n) is 3.00. The first-order valence-electron chi connectivity index (χ1n) is 6.05.